The molecule has 0 N–H and O–H groups in total. The quantitative estimate of drug-likeness (QED) is 0.245. The predicted molar refractivity (Wildman–Crippen MR) is 127 cm³/mol. The van der Waals surface area contributed by atoms with E-state index in [9.17, 15) is 31.1 Å². The second kappa shape index (κ2) is 10.2. The van der Waals surface area contributed by atoms with Gasteiger partial charge in [0.25, 0.3) is 0 Å². The summed E-state index contributed by atoms with van der Waals surface area (Å²) in [5.41, 5.74) is -0.328. The molecule has 10 heteroatoms. The van der Waals surface area contributed by atoms with Crippen LogP contribution in [0.1, 0.15) is 25.0 Å². The standard InChI is InChI=1S/C27H22F6N2O2/c1-3-34(4-2)26(36)37-24-10-9-23-19(25(24)16-6-8-21(29)22(30)13-16)11-12-35(23)15-17-5-7-18(28)14-20(17)27(31,32)33/h5-14H,3-4,15H2,1-2H3. The molecule has 0 aliphatic heterocycles. The largest absolute Gasteiger partial charge is 0.416 e. The molecule has 0 aliphatic carbocycles. The van der Waals surface area contributed by atoms with Gasteiger partial charge in [-0.15, -0.1) is 0 Å². The van der Waals surface area contributed by atoms with E-state index in [-0.39, 0.29) is 29.0 Å². The van der Waals surface area contributed by atoms with Crippen molar-refractivity contribution < 1.29 is 35.9 Å². The average molecular weight is 520 g/mol. The van der Waals surface area contributed by atoms with Crippen LogP contribution in [0, 0.1) is 17.5 Å². The zero-order valence-corrected chi connectivity index (χ0v) is 19.9. The van der Waals surface area contributed by atoms with Gasteiger partial charge in [0, 0.05) is 42.3 Å². The number of amides is 1. The number of benzene rings is 3. The van der Waals surface area contributed by atoms with Gasteiger partial charge in [0.05, 0.1) is 5.56 Å². The van der Waals surface area contributed by atoms with Crippen molar-refractivity contribution in [3.05, 3.63) is 89.4 Å². The molecular weight excluding hydrogens is 498 g/mol. The molecule has 194 valence electrons. The summed E-state index contributed by atoms with van der Waals surface area (Å²) >= 11 is 0. The molecule has 3 aromatic carbocycles. The average Bonchev–Trinajstić information content (AvgIpc) is 3.24. The maximum Gasteiger partial charge on any atom is 0.416 e. The number of carbonyl (C=O) groups excluding carboxylic acids is 1. The van der Waals surface area contributed by atoms with Gasteiger partial charge in [0.2, 0.25) is 0 Å². The molecule has 1 aromatic heterocycles. The van der Waals surface area contributed by atoms with E-state index in [4.69, 9.17) is 4.74 Å². The second-order valence-corrected chi connectivity index (χ2v) is 8.28. The van der Waals surface area contributed by atoms with Crippen molar-refractivity contribution in [3.63, 3.8) is 0 Å². The fourth-order valence-corrected chi connectivity index (χ4v) is 4.20. The van der Waals surface area contributed by atoms with Crippen molar-refractivity contribution in [1.29, 1.82) is 0 Å². The topological polar surface area (TPSA) is 34.5 Å². The molecule has 0 fully saturated rings. The summed E-state index contributed by atoms with van der Waals surface area (Å²) in [6, 6.07) is 10.3. The van der Waals surface area contributed by atoms with E-state index < -0.39 is 35.3 Å². The van der Waals surface area contributed by atoms with Crippen LogP contribution in [0.15, 0.2) is 60.8 Å². The first-order valence-corrected chi connectivity index (χ1v) is 11.4. The monoisotopic (exact) mass is 520 g/mol. The number of fused-ring (bicyclic) bond motifs is 1. The summed E-state index contributed by atoms with van der Waals surface area (Å²) < 4.78 is 89.1. The summed E-state index contributed by atoms with van der Waals surface area (Å²) in [7, 11) is 0. The van der Waals surface area contributed by atoms with E-state index >= 15 is 0 Å². The van der Waals surface area contributed by atoms with E-state index in [1.54, 1.807) is 26.0 Å². The lowest BCUT2D eigenvalue weighted by atomic mass is 10.00. The molecule has 1 heterocycles. The highest BCUT2D eigenvalue weighted by atomic mass is 19.4. The van der Waals surface area contributed by atoms with E-state index in [0.29, 0.717) is 30.1 Å². The van der Waals surface area contributed by atoms with E-state index in [1.165, 1.54) is 27.8 Å². The van der Waals surface area contributed by atoms with Gasteiger partial charge < -0.3 is 14.2 Å². The first-order chi connectivity index (χ1) is 17.5. The Balaban J connectivity index is 1.85. The number of nitrogens with zero attached hydrogens (tertiary/aromatic N) is 2. The molecular formula is C27H22F6N2O2. The minimum atomic E-state index is -4.76. The Morgan fingerprint density at radius 3 is 2.30 bits per heavy atom. The summed E-state index contributed by atoms with van der Waals surface area (Å²) in [6.07, 6.45) is -3.88. The molecule has 0 spiro atoms. The van der Waals surface area contributed by atoms with Gasteiger partial charge in [-0.2, -0.15) is 13.2 Å². The number of hydrogen-bond acceptors (Lipinski definition) is 2. The first kappa shape index (κ1) is 26.1. The third-order valence-electron chi connectivity index (χ3n) is 6.06. The van der Waals surface area contributed by atoms with Gasteiger partial charge in [0.15, 0.2) is 11.6 Å². The summed E-state index contributed by atoms with van der Waals surface area (Å²) in [5, 5.41) is 0.437. The molecule has 0 aliphatic rings. The SMILES string of the molecule is CCN(CC)C(=O)Oc1ccc2c(ccn2Cc2ccc(F)cc2C(F)(F)F)c1-c1ccc(F)c(F)c1. The lowest BCUT2D eigenvalue weighted by Gasteiger charge is -2.20. The van der Waals surface area contributed by atoms with Crippen LogP contribution in [0.3, 0.4) is 0 Å². The molecule has 1 amide bonds. The van der Waals surface area contributed by atoms with Crippen molar-refractivity contribution in [2.75, 3.05) is 13.1 Å². The van der Waals surface area contributed by atoms with Gasteiger partial charge in [-0.05, 0) is 67.4 Å². The second-order valence-electron chi connectivity index (χ2n) is 8.28. The van der Waals surface area contributed by atoms with Crippen molar-refractivity contribution in [3.8, 4) is 16.9 Å². The van der Waals surface area contributed by atoms with Gasteiger partial charge in [-0.1, -0.05) is 12.1 Å². The van der Waals surface area contributed by atoms with Gasteiger partial charge in [0.1, 0.15) is 11.6 Å². The number of carbonyl (C=O) groups is 1. The van der Waals surface area contributed by atoms with Crippen LogP contribution in [-0.4, -0.2) is 28.6 Å². The summed E-state index contributed by atoms with van der Waals surface area (Å²) in [6.45, 7) is 4.07. The van der Waals surface area contributed by atoms with Crippen LogP contribution < -0.4 is 4.74 Å². The fourth-order valence-electron chi connectivity index (χ4n) is 4.20. The zero-order chi connectivity index (χ0) is 26.9. The zero-order valence-electron chi connectivity index (χ0n) is 19.9. The Bertz CT molecular complexity index is 1460. The Morgan fingerprint density at radius 1 is 0.919 bits per heavy atom. The molecule has 0 saturated carbocycles. The van der Waals surface area contributed by atoms with E-state index in [2.05, 4.69) is 0 Å². The summed E-state index contributed by atoms with van der Waals surface area (Å²) in [4.78, 5) is 14.1. The molecule has 4 rings (SSSR count). The van der Waals surface area contributed by atoms with Crippen molar-refractivity contribution in [1.82, 2.24) is 9.47 Å². The number of hydrogen-bond donors (Lipinski definition) is 0. The van der Waals surface area contributed by atoms with Crippen molar-refractivity contribution >= 4 is 17.0 Å². The molecule has 0 bridgehead atoms. The smallest absolute Gasteiger partial charge is 0.410 e. The summed E-state index contributed by atoms with van der Waals surface area (Å²) in [5.74, 6) is -3.11. The number of aromatic nitrogens is 1. The van der Waals surface area contributed by atoms with Gasteiger partial charge >= 0.3 is 12.3 Å². The van der Waals surface area contributed by atoms with Crippen LogP contribution in [0.4, 0.5) is 31.1 Å². The van der Waals surface area contributed by atoms with E-state index in [0.717, 1.165) is 24.3 Å². The highest BCUT2D eigenvalue weighted by molar-refractivity contribution is 5.99. The predicted octanol–water partition coefficient (Wildman–Crippen LogP) is 7.63. The van der Waals surface area contributed by atoms with Crippen LogP contribution in [-0.2, 0) is 12.7 Å². The Hall–Kier alpha value is -3.95. The Labute approximate surface area is 208 Å². The lowest BCUT2D eigenvalue weighted by molar-refractivity contribution is -0.138. The number of halogens is 6. The molecule has 0 atom stereocenters. The maximum absolute atomic E-state index is 14.1. The van der Waals surface area contributed by atoms with Crippen LogP contribution >= 0.6 is 0 Å². The van der Waals surface area contributed by atoms with E-state index in [1.807, 2.05) is 0 Å². The molecule has 0 unspecified atom stereocenters. The minimum absolute atomic E-state index is 0.0749. The minimum Gasteiger partial charge on any atom is -0.410 e. The third-order valence-corrected chi connectivity index (χ3v) is 6.06. The number of rotatable bonds is 6. The Kier molecular flexibility index (Phi) is 7.20. The third kappa shape index (κ3) is 5.28. The lowest BCUT2D eigenvalue weighted by Crippen LogP contribution is -2.33. The highest BCUT2D eigenvalue weighted by Gasteiger charge is 2.34. The molecule has 4 aromatic rings. The van der Waals surface area contributed by atoms with Crippen molar-refractivity contribution in [2.24, 2.45) is 0 Å². The molecule has 37 heavy (non-hydrogen) atoms. The van der Waals surface area contributed by atoms with Crippen LogP contribution in [0.2, 0.25) is 0 Å². The molecule has 0 saturated heterocycles. The molecule has 4 nitrogen and oxygen atoms in total. The Morgan fingerprint density at radius 2 is 1.65 bits per heavy atom. The van der Waals surface area contributed by atoms with Gasteiger partial charge in [-0.25, -0.2) is 18.0 Å². The first-order valence-electron chi connectivity index (χ1n) is 11.4. The number of ether oxygens (including phenoxy) is 1. The van der Waals surface area contributed by atoms with Crippen LogP contribution in [0.25, 0.3) is 22.0 Å². The fraction of sp³-hybridized carbons (Fsp3) is 0.222. The molecule has 0 radical (unpaired) electrons. The normalized spacial score (nSPS) is 11.7. The van der Waals surface area contributed by atoms with Gasteiger partial charge in [-0.3, -0.25) is 0 Å². The highest BCUT2D eigenvalue weighted by Crippen LogP contribution is 2.39. The number of alkyl halides is 3. The van der Waals surface area contributed by atoms with Crippen molar-refractivity contribution in [2.45, 2.75) is 26.6 Å². The maximum atomic E-state index is 14.1. The van der Waals surface area contributed by atoms with Crippen LogP contribution in [0.5, 0.6) is 5.75 Å².